The Morgan fingerprint density at radius 2 is 1.47 bits per heavy atom. The van der Waals surface area contributed by atoms with Gasteiger partial charge in [0, 0.05) is 12.6 Å². The highest BCUT2D eigenvalue weighted by Gasteiger charge is 2.31. The van der Waals surface area contributed by atoms with Gasteiger partial charge in [0.2, 0.25) is 0 Å². The van der Waals surface area contributed by atoms with Crippen LogP contribution in [-0.2, 0) is 4.74 Å². The lowest BCUT2D eigenvalue weighted by Crippen LogP contribution is -2.50. The second-order valence-electron chi connectivity index (χ2n) is 3.81. The monoisotopic (exact) mass is 247 g/mol. The van der Waals surface area contributed by atoms with Gasteiger partial charge >= 0.3 is 0 Å². The summed E-state index contributed by atoms with van der Waals surface area (Å²) in [5.74, 6) is 0. The lowest BCUT2D eigenvalue weighted by Gasteiger charge is -2.42. The van der Waals surface area contributed by atoms with Gasteiger partial charge in [-0.2, -0.15) is 0 Å². The van der Waals surface area contributed by atoms with E-state index < -0.39 is 0 Å². The van der Waals surface area contributed by atoms with Crippen molar-refractivity contribution in [3.05, 3.63) is 0 Å². The SMILES string of the molecule is CC.CC.CC.COCC1(C)CCCCN1C. The van der Waals surface area contributed by atoms with Crippen molar-refractivity contribution in [3.63, 3.8) is 0 Å². The minimum absolute atomic E-state index is 0.299. The van der Waals surface area contributed by atoms with Crippen molar-refractivity contribution in [2.24, 2.45) is 0 Å². The summed E-state index contributed by atoms with van der Waals surface area (Å²) >= 11 is 0. The molecule has 1 unspecified atom stereocenters. The molecule has 1 aliphatic heterocycles. The molecule has 0 amide bonds. The van der Waals surface area contributed by atoms with Gasteiger partial charge in [0.1, 0.15) is 0 Å². The maximum Gasteiger partial charge on any atom is 0.0643 e. The summed E-state index contributed by atoms with van der Waals surface area (Å²) < 4.78 is 5.21. The second-order valence-corrected chi connectivity index (χ2v) is 3.81. The number of methoxy groups -OCH3 is 1. The van der Waals surface area contributed by atoms with E-state index in [9.17, 15) is 0 Å². The standard InChI is InChI=1S/C9H19NO.3C2H6/c1-9(8-11-3)6-4-5-7-10(9)2;3*1-2/h4-8H2,1-3H3;3*1-2H3. The van der Waals surface area contributed by atoms with Crippen LogP contribution in [0.5, 0.6) is 0 Å². The Balaban J connectivity index is -0.000000285. The number of likely N-dealkylation sites (tertiary alicyclic amines) is 1. The van der Waals surface area contributed by atoms with E-state index in [4.69, 9.17) is 4.74 Å². The summed E-state index contributed by atoms with van der Waals surface area (Å²) in [5, 5.41) is 0. The first kappa shape index (κ1) is 22.1. The molecule has 108 valence electrons. The van der Waals surface area contributed by atoms with E-state index in [2.05, 4.69) is 18.9 Å². The summed E-state index contributed by atoms with van der Waals surface area (Å²) in [7, 11) is 3.98. The van der Waals surface area contributed by atoms with E-state index >= 15 is 0 Å². The van der Waals surface area contributed by atoms with Gasteiger partial charge in [-0.25, -0.2) is 0 Å². The minimum Gasteiger partial charge on any atom is -0.383 e. The van der Waals surface area contributed by atoms with Crippen molar-refractivity contribution in [3.8, 4) is 0 Å². The van der Waals surface area contributed by atoms with Gasteiger partial charge in [0.25, 0.3) is 0 Å². The topological polar surface area (TPSA) is 12.5 Å². The van der Waals surface area contributed by atoms with Crippen LogP contribution in [0.4, 0.5) is 0 Å². The molecular weight excluding hydrogens is 210 g/mol. The summed E-state index contributed by atoms with van der Waals surface area (Å²) in [6.45, 7) is 16.4. The highest BCUT2D eigenvalue weighted by molar-refractivity contribution is 4.87. The summed E-state index contributed by atoms with van der Waals surface area (Å²) in [6.07, 6.45) is 3.97. The lowest BCUT2D eigenvalue weighted by molar-refractivity contribution is 0.0121. The van der Waals surface area contributed by atoms with Gasteiger partial charge in [-0.15, -0.1) is 0 Å². The third-order valence-corrected chi connectivity index (χ3v) is 2.84. The molecule has 2 nitrogen and oxygen atoms in total. The zero-order valence-corrected chi connectivity index (χ0v) is 13.9. The number of piperidine rings is 1. The molecule has 0 saturated carbocycles. The molecule has 0 aromatic heterocycles. The van der Waals surface area contributed by atoms with E-state index in [0.29, 0.717) is 5.54 Å². The normalized spacial score (nSPS) is 23.1. The Hall–Kier alpha value is -0.0800. The van der Waals surface area contributed by atoms with Crippen LogP contribution in [0.2, 0.25) is 0 Å². The molecule has 1 atom stereocenters. The molecule has 0 aromatic rings. The van der Waals surface area contributed by atoms with E-state index in [1.165, 1.54) is 25.8 Å². The third-order valence-electron chi connectivity index (χ3n) is 2.84. The van der Waals surface area contributed by atoms with Crippen molar-refractivity contribution in [2.75, 3.05) is 27.3 Å². The maximum atomic E-state index is 5.21. The molecule has 1 rings (SSSR count). The molecule has 0 radical (unpaired) electrons. The van der Waals surface area contributed by atoms with Crippen LogP contribution in [-0.4, -0.2) is 37.7 Å². The van der Waals surface area contributed by atoms with Crippen molar-refractivity contribution in [1.82, 2.24) is 4.90 Å². The van der Waals surface area contributed by atoms with E-state index in [1.54, 1.807) is 7.11 Å². The highest BCUT2D eigenvalue weighted by atomic mass is 16.5. The Bertz CT molecular complexity index is 124. The molecule has 0 spiro atoms. The number of hydrogen-bond acceptors (Lipinski definition) is 2. The van der Waals surface area contributed by atoms with Gasteiger partial charge in [-0.3, -0.25) is 4.90 Å². The van der Waals surface area contributed by atoms with Gasteiger partial charge in [-0.1, -0.05) is 48.0 Å². The van der Waals surface area contributed by atoms with E-state index in [0.717, 1.165) is 6.61 Å². The summed E-state index contributed by atoms with van der Waals surface area (Å²) in [4.78, 5) is 2.42. The fourth-order valence-corrected chi connectivity index (χ4v) is 1.81. The highest BCUT2D eigenvalue weighted by Crippen LogP contribution is 2.26. The first-order valence-corrected chi connectivity index (χ1v) is 7.39. The average molecular weight is 247 g/mol. The predicted octanol–water partition coefficient (Wildman–Crippen LogP) is 4.59. The van der Waals surface area contributed by atoms with Gasteiger partial charge in [0.05, 0.1) is 6.61 Å². The Morgan fingerprint density at radius 3 is 1.82 bits per heavy atom. The maximum absolute atomic E-state index is 5.21. The molecule has 1 saturated heterocycles. The number of hydrogen-bond donors (Lipinski definition) is 0. The molecule has 17 heavy (non-hydrogen) atoms. The van der Waals surface area contributed by atoms with Crippen LogP contribution in [0.3, 0.4) is 0 Å². The Labute approximate surface area is 111 Å². The summed E-state index contributed by atoms with van der Waals surface area (Å²) in [6, 6.07) is 0. The average Bonchev–Trinajstić information content (AvgIpc) is 2.41. The molecule has 1 aliphatic rings. The van der Waals surface area contributed by atoms with E-state index in [1.807, 2.05) is 41.5 Å². The van der Waals surface area contributed by atoms with Crippen molar-refractivity contribution < 1.29 is 4.74 Å². The zero-order valence-electron chi connectivity index (χ0n) is 13.9. The molecule has 2 heteroatoms. The van der Waals surface area contributed by atoms with Gasteiger partial charge in [0.15, 0.2) is 0 Å². The fraction of sp³-hybridized carbons (Fsp3) is 1.00. The van der Waals surface area contributed by atoms with E-state index in [-0.39, 0.29) is 0 Å². The van der Waals surface area contributed by atoms with Crippen LogP contribution >= 0.6 is 0 Å². The zero-order chi connectivity index (χ0) is 14.3. The fourth-order valence-electron chi connectivity index (χ4n) is 1.81. The number of likely N-dealkylation sites (N-methyl/N-ethyl adjacent to an activating group) is 1. The molecule has 1 heterocycles. The Morgan fingerprint density at radius 1 is 1.00 bits per heavy atom. The Kier molecular flexibility index (Phi) is 20.7. The second kappa shape index (κ2) is 15.9. The molecule has 0 aliphatic carbocycles. The van der Waals surface area contributed by atoms with Crippen molar-refractivity contribution in [1.29, 1.82) is 0 Å². The predicted molar refractivity (Wildman–Crippen MR) is 80.8 cm³/mol. The molecule has 1 fully saturated rings. The largest absolute Gasteiger partial charge is 0.383 e. The first-order chi connectivity index (χ1) is 8.19. The first-order valence-electron chi connectivity index (χ1n) is 7.39. The lowest BCUT2D eigenvalue weighted by atomic mass is 9.90. The number of ether oxygens (including phenoxy) is 1. The molecular formula is C15H37NO. The molecule has 0 aromatic carbocycles. The van der Waals surface area contributed by atoms with Crippen LogP contribution in [0, 0.1) is 0 Å². The van der Waals surface area contributed by atoms with Gasteiger partial charge in [-0.05, 0) is 33.4 Å². The van der Waals surface area contributed by atoms with Crippen LogP contribution in [0.15, 0.2) is 0 Å². The van der Waals surface area contributed by atoms with Crippen molar-refractivity contribution in [2.45, 2.75) is 73.3 Å². The smallest absolute Gasteiger partial charge is 0.0643 e. The molecule has 0 N–H and O–H groups in total. The van der Waals surface area contributed by atoms with Crippen LogP contribution in [0.1, 0.15) is 67.7 Å². The number of nitrogens with zero attached hydrogens (tertiary/aromatic N) is 1. The summed E-state index contributed by atoms with van der Waals surface area (Å²) in [5.41, 5.74) is 0.299. The number of rotatable bonds is 2. The van der Waals surface area contributed by atoms with Gasteiger partial charge < -0.3 is 4.74 Å². The third kappa shape index (κ3) is 9.61. The van der Waals surface area contributed by atoms with Crippen LogP contribution < -0.4 is 0 Å². The van der Waals surface area contributed by atoms with Crippen molar-refractivity contribution >= 4 is 0 Å². The van der Waals surface area contributed by atoms with Crippen LogP contribution in [0.25, 0.3) is 0 Å². The minimum atomic E-state index is 0.299. The molecule has 0 bridgehead atoms. The quantitative estimate of drug-likeness (QED) is 0.708.